The number of Topliss-reactive ketones (excluding diaryl/α,β-unsaturated/α-hetero) is 1. The monoisotopic (exact) mass is 224 g/mol. The molecule has 0 radical (unpaired) electrons. The predicted molar refractivity (Wildman–Crippen MR) is 62.2 cm³/mol. The van der Waals surface area contributed by atoms with Crippen LogP contribution in [0.2, 0.25) is 0 Å². The van der Waals surface area contributed by atoms with Crippen LogP contribution in [0.1, 0.15) is 12.8 Å². The molecule has 2 aliphatic heterocycles. The van der Waals surface area contributed by atoms with Crippen LogP contribution in [0, 0.1) is 0 Å². The molecule has 2 heterocycles. The van der Waals surface area contributed by atoms with E-state index in [0.717, 1.165) is 44.7 Å². The minimum Gasteiger partial charge on any atom is -0.501 e. The molecule has 0 aromatic rings. The van der Waals surface area contributed by atoms with Crippen molar-refractivity contribution in [3.05, 3.63) is 11.8 Å². The molecule has 0 saturated carbocycles. The molecule has 4 heteroatoms. The summed E-state index contributed by atoms with van der Waals surface area (Å²) >= 11 is 0. The molecule has 0 bridgehead atoms. The Morgan fingerprint density at radius 2 is 2.25 bits per heavy atom. The molecule has 1 saturated heterocycles. The van der Waals surface area contributed by atoms with Crippen molar-refractivity contribution in [3.8, 4) is 0 Å². The lowest BCUT2D eigenvalue weighted by Crippen LogP contribution is -2.53. The molecule has 4 nitrogen and oxygen atoms in total. The number of carbonyl (C=O) groups excluding carboxylic acids is 1. The van der Waals surface area contributed by atoms with E-state index in [1.165, 1.54) is 0 Å². The minimum absolute atomic E-state index is 0.00620. The number of likely N-dealkylation sites (N-methyl/N-ethyl adjacent to an activating group) is 2. The Bertz CT molecular complexity index is 301. The number of hydrogen-bond acceptors (Lipinski definition) is 4. The van der Waals surface area contributed by atoms with Gasteiger partial charge in [0.25, 0.3) is 0 Å². The van der Waals surface area contributed by atoms with Crippen molar-refractivity contribution in [3.63, 3.8) is 0 Å². The highest BCUT2D eigenvalue weighted by Crippen LogP contribution is 2.18. The van der Waals surface area contributed by atoms with E-state index in [1.807, 2.05) is 7.05 Å². The van der Waals surface area contributed by atoms with Crippen LogP contribution < -0.4 is 0 Å². The number of carbonyl (C=O) groups is 1. The number of rotatable bonds is 2. The van der Waals surface area contributed by atoms with Crippen LogP contribution in [0.15, 0.2) is 11.8 Å². The Hall–Kier alpha value is -0.870. The highest BCUT2D eigenvalue weighted by molar-refractivity contribution is 5.99. The summed E-state index contributed by atoms with van der Waals surface area (Å²) in [7, 11) is 4.10. The molecule has 2 aliphatic rings. The zero-order valence-corrected chi connectivity index (χ0v) is 10.1. The molecule has 1 fully saturated rings. The first kappa shape index (κ1) is 11.6. The highest BCUT2D eigenvalue weighted by atomic mass is 16.5. The topological polar surface area (TPSA) is 32.8 Å². The lowest BCUT2D eigenvalue weighted by Gasteiger charge is -2.37. The van der Waals surface area contributed by atoms with Gasteiger partial charge in [-0.2, -0.15) is 0 Å². The second-order valence-corrected chi connectivity index (χ2v) is 4.74. The van der Waals surface area contributed by atoms with Crippen molar-refractivity contribution in [1.82, 2.24) is 9.80 Å². The zero-order valence-electron chi connectivity index (χ0n) is 10.1. The van der Waals surface area contributed by atoms with Gasteiger partial charge in [0.2, 0.25) is 0 Å². The third-order valence-corrected chi connectivity index (χ3v) is 3.40. The van der Waals surface area contributed by atoms with Crippen LogP contribution in [0.4, 0.5) is 0 Å². The molecule has 1 unspecified atom stereocenters. The van der Waals surface area contributed by atoms with Gasteiger partial charge < -0.3 is 9.64 Å². The Balaban J connectivity index is 2.04. The summed E-state index contributed by atoms with van der Waals surface area (Å²) in [5.41, 5.74) is 0.860. The molecule has 0 spiro atoms. The van der Waals surface area contributed by atoms with Gasteiger partial charge in [0.05, 0.1) is 18.9 Å². The SMILES string of the molecule is CN1CCN(C)C(C(=O)C2=COCCC2)C1. The lowest BCUT2D eigenvalue weighted by atomic mass is 9.98. The van der Waals surface area contributed by atoms with E-state index in [2.05, 4.69) is 16.8 Å². The molecule has 1 atom stereocenters. The molecular formula is C12H20N2O2. The van der Waals surface area contributed by atoms with Crippen molar-refractivity contribution < 1.29 is 9.53 Å². The largest absolute Gasteiger partial charge is 0.501 e. The van der Waals surface area contributed by atoms with Crippen molar-refractivity contribution in [2.45, 2.75) is 18.9 Å². The van der Waals surface area contributed by atoms with E-state index >= 15 is 0 Å². The number of nitrogens with zero attached hydrogens (tertiary/aromatic N) is 2. The molecule has 0 amide bonds. The summed E-state index contributed by atoms with van der Waals surface area (Å²) in [5.74, 6) is 0.244. The first-order valence-corrected chi connectivity index (χ1v) is 5.92. The third kappa shape index (κ3) is 2.44. The molecule has 0 aliphatic carbocycles. The minimum atomic E-state index is 0.00620. The maximum absolute atomic E-state index is 12.3. The third-order valence-electron chi connectivity index (χ3n) is 3.40. The number of ketones is 1. The average molecular weight is 224 g/mol. The van der Waals surface area contributed by atoms with Gasteiger partial charge in [-0.15, -0.1) is 0 Å². The second kappa shape index (κ2) is 4.97. The van der Waals surface area contributed by atoms with Gasteiger partial charge in [0, 0.05) is 25.2 Å². The van der Waals surface area contributed by atoms with E-state index in [0.29, 0.717) is 0 Å². The lowest BCUT2D eigenvalue weighted by molar-refractivity contribution is -0.122. The summed E-state index contributed by atoms with van der Waals surface area (Å²) < 4.78 is 5.24. The molecule has 0 N–H and O–H groups in total. The average Bonchev–Trinajstić information content (AvgIpc) is 2.32. The Kier molecular flexibility index (Phi) is 3.61. The fourth-order valence-corrected chi connectivity index (χ4v) is 2.25. The summed E-state index contributed by atoms with van der Waals surface area (Å²) in [5, 5.41) is 0. The van der Waals surface area contributed by atoms with Crippen molar-refractivity contribution in [1.29, 1.82) is 0 Å². The molecule has 0 aromatic carbocycles. The molecule has 16 heavy (non-hydrogen) atoms. The van der Waals surface area contributed by atoms with E-state index in [9.17, 15) is 4.79 Å². The zero-order chi connectivity index (χ0) is 11.5. The van der Waals surface area contributed by atoms with Gasteiger partial charge in [-0.05, 0) is 26.9 Å². The maximum atomic E-state index is 12.3. The molecule has 90 valence electrons. The summed E-state index contributed by atoms with van der Waals surface area (Å²) in [6, 6.07) is 0.00620. The first-order valence-electron chi connectivity index (χ1n) is 5.92. The fourth-order valence-electron chi connectivity index (χ4n) is 2.25. The quantitative estimate of drug-likeness (QED) is 0.683. The molecule has 2 rings (SSSR count). The summed E-state index contributed by atoms with van der Waals surface area (Å²) in [6.45, 7) is 3.57. The summed E-state index contributed by atoms with van der Waals surface area (Å²) in [6.07, 6.45) is 3.49. The standard InChI is InChI=1S/C12H20N2O2/c1-13-5-6-14(2)11(8-13)12(15)10-4-3-7-16-9-10/h9,11H,3-8H2,1-2H3. The predicted octanol–water partition coefficient (Wildman–Crippen LogP) is 0.496. The van der Waals surface area contributed by atoms with Crippen LogP contribution in [-0.4, -0.2) is 62.0 Å². The van der Waals surface area contributed by atoms with Crippen LogP contribution in [0.3, 0.4) is 0 Å². The first-order chi connectivity index (χ1) is 7.68. The van der Waals surface area contributed by atoms with Crippen LogP contribution in [0.5, 0.6) is 0 Å². The van der Waals surface area contributed by atoms with Gasteiger partial charge in [-0.25, -0.2) is 0 Å². The van der Waals surface area contributed by atoms with E-state index in [1.54, 1.807) is 6.26 Å². The second-order valence-electron chi connectivity index (χ2n) is 4.74. The van der Waals surface area contributed by atoms with E-state index < -0.39 is 0 Å². The number of hydrogen-bond donors (Lipinski definition) is 0. The number of ether oxygens (including phenoxy) is 1. The van der Waals surface area contributed by atoms with Crippen molar-refractivity contribution >= 4 is 5.78 Å². The molecule has 0 aromatic heterocycles. The Morgan fingerprint density at radius 1 is 1.44 bits per heavy atom. The van der Waals surface area contributed by atoms with Gasteiger partial charge in [-0.1, -0.05) is 0 Å². The van der Waals surface area contributed by atoms with Gasteiger partial charge in [-0.3, -0.25) is 9.69 Å². The van der Waals surface area contributed by atoms with Gasteiger partial charge in [0.1, 0.15) is 0 Å². The van der Waals surface area contributed by atoms with Crippen LogP contribution in [-0.2, 0) is 9.53 Å². The molecular weight excluding hydrogens is 204 g/mol. The van der Waals surface area contributed by atoms with Crippen molar-refractivity contribution in [2.75, 3.05) is 40.3 Å². The fraction of sp³-hybridized carbons (Fsp3) is 0.750. The van der Waals surface area contributed by atoms with Gasteiger partial charge in [0.15, 0.2) is 5.78 Å². The van der Waals surface area contributed by atoms with Crippen LogP contribution >= 0.6 is 0 Å². The van der Waals surface area contributed by atoms with Gasteiger partial charge >= 0.3 is 0 Å². The van der Waals surface area contributed by atoms with Crippen molar-refractivity contribution in [2.24, 2.45) is 0 Å². The maximum Gasteiger partial charge on any atom is 0.180 e. The smallest absolute Gasteiger partial charge is 0.180 e. The number of piperazine rings is 1. The summed E-state index contributed by atoms with van der Waals surface area (Å²) in [4.78, 5) is 16.7. The highest BCUT2D eigenvalue weighted by Gasteiger charge is 2.30. The van der Waals surface area contributed by atoms with E-state index in [4.69, 9.17) is 4.74 Å². The van der Waals surface area contributed by atoms with E-state index in [-0.39, 0.29) is 11.8 Å². The van der Waals surface area contributed by atoms with Crippen LogP contribution in [0.25, 0.3) is 0 Å². The normalized spacial score (nSPS) is 28.4. The Morgan fingerprint density at radius 3 is 2.94 bits per heavy atom. The Labute approximate surface area is 96.8 Å².